The van der Waals surface area contributed by atoms with Crippen LogP contribution in [0.25, 0.3) is 22.3 Å². The van der Waals surface area contributed by atoms with Gasteiger partial charge in [-0.25, -0.2) is 9.97 Å². The van der Waals surface area contributed by atoms with Crippen LogP contribution in [0.2, 0.25) is 0 Å². The Labute approximate surface area is 247 Å². The highest BCUT2D eigenvalue weighted by Gasteiger charge is 2.25. The van der Waals surface area contributed by atoms with Gasteiger partial charge in [-0.05, 0) is 61.9 Å². The second kappa shape index (κ2) is 13.0. The number of halogens is 2. The first-order valence-electron chi connectivity index (χ1n) is 12.4. The van der Waals surface area contributed by atoms with Crippen LogP contribution in [0, 0.1) is 5.92 Å². The summed E-state index contributed by atoms with van der Waals surface area (Å²) in [4.78, 5) is 41.4. The monoisotopic (exact) mass is 602 g/mol. The van der Waals surface area contributed by atoms with E-state index in [1.807, 2.05) is 46.7 Å². The quantitative estimate of drug-likeness (QED) is 0.277. The highest BCUT2D eigenvalue weighted by molar-refractivity contribution is 8.04. The summed E-state index contributed by atoms with van der Waals surface area (Å²) in [6.45, 7) is 2.14. The number of carbonyl (C=O) groups is 2. The molecule has 4 aromatic heterocycles. The van der Waals surface area contributed by atoms with Crippen LogP contribution in [0.5, 0.6) is 0 Å². The Hall–Kier alpha value is -2.92. The molecule has 2 aliphatic heterocycles. The number of rotatable bonds is 7. The topological polar surface area (TPSA) is 92.5 Å². The van der Waals surface area contributed by atoms with E-state index in [1.165, 1.54) is 23.1 Å². The van der Waals surface area contributed by atoms with Crippen molar-refractivity contribution in [2.24, 2.45) is 5.92 Å². The molecule has 0 radical (unpaired) electrons. The van der Waals surface area contributed by atoms with E-state index in [0.717, 1.165) is 65.7 Å². The Bertz CT molecular complexity index is 1480. The van der Waals surface area contributed by atoms with Crippen molar-refractivity contribution < 1.29 is 9.59 Å². The first-order valence-corrected chi connectivity index (χ1v) is 14.1. The molecule has 1 N–H and O–H groups in total. The van der Waals surface area contributed by atoms with Gasteiger partial charge >= 0.3 is 0 Å². The zero-order valence-corrected chi connectivity index (χ0v) is 24.3. The van der Waals surface area contributed by atoms with Gasteiger partial charge in [-0.15, -0.1) is 36.2 Å². The van der Waals surface area contributed by atoms with Crippen LogP contribution in [-0.4, -0.2) is 55.7 Å². The zero-order valence-electron chi connectivity index (χ0n) is 21.0. The summed E-state index contributed by atoms with van der Waals surface area (Å²) >= 11 is 2.95. The highest BCUT2D eigenvalue weighted by Crippen LogP contribution is 2.34. The van der Waals surface area contributed by atoms with Crippen molar-refractivity contribution in [1.82, 2.24) is 29.6 Å². The van der Waals surface area contributed by atoms with Crippen LogP contribution < -0.4 is 5.32 Å². The molecule has 0 spiro atoms. The third-order valence-corrected chi connectivity index (χ3v) is 8.79. The van der Waals surface area contributed by atoms with Gasteiger partial charge in [0.25, 0.3) is 11.8 Å². The average molecular weight is 604 g/mol. The fourth-order valence-corrected chi connectivity index (χ4v) is 6.65. The van der Waals surface area contributed by atoms with Crippen LogP contribution in [0.4, 0.5) is 0 Å². The maximum Gasteiger partial charge on any atom is 0.273 e. The van der Waals surface area contributed by atoms with Gasteiger partial charge in [0.1, 0.15) is 16.3 Å². The molecular weight excluding hydrogens is 575 g/mol. The molecule has 0 aromatic carbocycles. The van der Waals surface area contributed by atoms with E-state index < -0.39 is 0 Å². The van der Waals surface area contributed by atoms with Crippen LogP contribution in [0.15, 0.2) is 64.2 Å². The summed E-state index contributed by atoms with van der Waals surface area (Å²) in [5, 5.41) is 6.74. The third kappa shape index (κ3) is 6.30. The van der Waals surface area contributed by atoms with Crippen molar-refractivity contribution in [2.75, 3.05) is 19.6 Å². The Kier molecular flexibility index (Phi) is 9.66. The summed E-state index contributed by atoms with van der Waals surface area (Å²) in [5.74, 6) is 0.536. The maximum atomic E-state index is 13.0. The molecule has 39 heavy (non-hydrogen) atoms. The lowest BCUT2D eigenvalue weighted by Crippen LogP contribution is -2.38. The largest absolute Gasteiger partial charge is 0.352 e. The molecule has 8 nitrogen and oxygen atoms in total. The van der Waals surface area contributed by atoms with Crippen LogP contribution in [-0.2, 0) is 4.79 Å². The number of thioether (sulfide) groups is 1. The van der Waals surface area contributed by atoms with Crippen LogP contribution in [0.3, 0.4) is 0 Å². The SMILES string of the molecule is Cl.Cl.O=C(NCCCC1CCN(C(=O)c2csc(-c3cccnc3)n2)CC1)C1=Cc2cnc3cccc(n23)S1. The van der Waals surface area contributed by atoms with E-state index in [4.69, 9.17) is 0 Å². The molecule has 204 valence electrons. The summed E-state index contributed by atoms with van der Waals surface area (Å²) in [6, 6.07) is 9.76. The first-order chi connectivity index (χ1) is 18.2. The number of pyridine rings is 2. The van der Waals surface area contributed by atoms with Crippen molar-refractivity contribution in [3.8, 4) is 10.6 Å². The lowest BCUT2D eigenvalue weighted by atomic mass is 9.92. The van der Waals surface area contributed by atoms with Crippen molar-refractivity contribution in [3.05, 3.63) is 70.6 Å². The number of thiazole rings is 1. The molecule has 0 bridgehead atoms. The Morgan fingerprint density at radius 2 is 1.92 bits per heavy atom. The number of imidazole rings is 1. The normalized spacial score (nSPS) is 14.8. The number of aromatic nitrogens is 4. The lowest BCUT2D eigenvalue weighted by Gasteiger charge is -2.31. The van der Waals surface area contributed by atoms with Gasteiger partial charge in [0.2, 0.25) is 0 Å². The van der Waals surface area contributed by atoms with Crippen LogP contribution >= 0.6 is 47.9 Å². The molecular formula is C27H28Cl2N6O2S2. The standard InChI is InChI=1S/C27H26N6O2S2.2ClH/c34-25(22-14-20-16-30-23-6-1-7-24(37-22)33(20)23)29-11-2-4-18-8-12-32(13-9-18)27(35)21-17-36-26(31-21)19-5-3-10-28-15-19;;/h1,3,5-7,10,14-18H,2,4,8-9,11-13H2,(H,29,34);2*1H. The molecule has 2 amide bonds. The minimum Gasteiger partial charge on any atom is -0.352 e. The smallest absolute Gasteiger partial charge is 0.273 e. The fraction of sp³-hybridized carbons (Fsp3) is 0.296. The number of nitrogens with zero attached hydrogens (tertiary/aromatic N) is 5. The molecule has 6 heterocycles. The molecule has 0 saturated carbocycles. The summed E-state index contributed by atoms with van der Waals surface area (Å²) < 4.78 is 2.06. The molecule has 1 saturated heterocycles. The van der Waals surface area contributed by atoms with Crippen molar-refractivity contribution >= 4 is 71.5 Å². The molecule has 12 heteroatoms. The molecule has 0 unspecified atom stereocenters. The van der Waals surface area contributed by atoms with Crippen molar-refractivity contribution in [3.63, 3.8) is 0 Å². The van der Waals surface area contributed by atoms with Gasteiger partial charge in [-0.2, -0.15) is 0 Å². The zero-order chi connectivity index (χ0) is 25.2. The summed E-state index contributed by atoms with van der Waals surface area (Å²) in [7, 11) is 0. The second-order valence-corrected chi connectivity index (χ2v) is 11.2. The molecule has 0 atom stereocenters. The van der Waals surface area contributed by atoms with E-state index in [2.05, 4.69) is 24.7 Å². The predicted molar refractivity (Wildman–Crippen MR) is 160 cm³/mol. The van der Waals surface area contributed by atoms with E-state index in [-0.39, 0.29) is 36.6 Å². The van der Waals surface area contributed by atoms with Gasteiger partial charge in [0.15, 0.2) is 0 Å². The minimum atomic E-state index is -0.0382. The van der Waals surface area contributed by atoms with E-state index in [0.29, 0.717) is 23.1 Å². The van der Waals surface area contributed by atoms with E-state index in [9.17, 15) is 9.59 Å². The average Bonchev–Trinajstić information content (AvgIpc) is 3.60. The molecule has 2 aliphatic rings. The lowest BCUT2D eigenvalue weighted by molar-refractivity contribution is -0.116. The highest BCUT2D eigenvalue weighted by atomic mass is 35.5. The van der Waals surface area contributed by atoms with Gasteiger partial charge in [-0.1, -0.05) is 17.8 Å². The van der Waals surface area contributed by atoms with Crippen molar-refractivity contribution in [1.29, 1.82) is 0 Å². The first kappa shape index (κ1) is 29.1. The number of carbonyl (C=O) groups excluding carboxylic acids is 2. The van der Waals surface area contributed by atoms with Gasteiger partial charge in [-0.3, -0.25) is 19.0 Å². The molecule has 0 aliphatic carbocycles. The number of piperidine rings is 1. The number of hydrogen-bond donors (Lipinski definition) is 1. The Balaban J connectivity index is 0.00000176. The van der Waals surface area contributed by atoms with Crippen molar-refractivity contribution in [2.45, 2.75) is 30.7 Å². The Morgan fingerprint density at radius 3 is 2.72 bits per heavy atom. The number of nitrogens with one attached hydrogen (secondary N) is 1. The van der Waals surface area contributed by atoms with Gasteiger partial charge in [0.05, 0.1) is 21.8 Å². The van der Waals surface area contributed by atoms with E-state index in [1.54, 1.807) is 18.6 Å². The predicted octanol–water partition coefficient (Wildman–Crippen LogP) is 5.59. The molecule has 1 fully saturated rings. The second-order valence-electron chi connectivity index (χ2n) is 9.26. The Morgan fingerprint density at radius 1 is 1.08 bits per heavy atom. The number of likely N-dealkylation sites (tertiary alicyclic amines) is 1. The number of amides is 2. The maximum absolute atomic E-state index is 13.0. The van der Waals surface area contributed by atoms with Gasteiger partial charge < -0.3 is 10.2 Å². The summed E-state index contributed by atoms with van der Waals surface area (Å²) in [5.41, 5.74) is 3.27. The fourth-order valence-electron chi connectivity index (χ4n) is 4.86. The molecule has 4 aromatic rings. The minimum absolute atomic E-state index is 0. The van der Waals surface area contributed by atoms with E-state index >= 15 is 0 Å². The summed E-state index contributed by atoms with van der Waals surface area (Å²) in [6.07, 6.45) is 11.1. The third-order valence-electron chi connectivity index (χ3n) is 6.85. The van der Waals surface area contributed by atoms with Crippen LogP contribution in [0.1, 0.15) is 41.9 Å². The molecule has 6 rings (SSSR count). The number of hydrogen-bond acceptors (Lipinski definition) is 7. The van der Waals surface area contributed by atoms with Gasteiger partial charge in [0, 0.05) is 43.0 Å².